The maximum Gasteiger partial charge on any atom is 0.408 e. The Morgan fingerprint density at radius 1 is 1.02 bits per heavy atom. The minimum atomic E-state index is -1.54. The molecule has 1 aliphatic heterocycles. The van der Waals surface area contributed by atoms with Gasteiger partial charge in [0.2, 0.25) is 5.78 Å². The summed E-state index contributed by atoms with van der Waals surface area (Å²) in [5.74, 6) is -1.06. The van der Waals surface area contributed by atoms with Crippen molar-refractivity contribution >= 4 is 17.8 Å². The third kappa shape index (κ3) is 6.62. The summed E-state index contributed by atoms with van der Waals surface area (Å²) >= 11 is 0. The van der Waals surface area contributed by atoms with E-state index in [1.807, 2.05) is 18.2 Å². The Morgan fingerprint density at radius 2 is 1.75 bits per heavy atom. The largest absolute Gasteiger partial charge is 0.507 e. The molecule has 0 radical (unpaired) electrons. The minimum absolute atomic E-state index is 0.0118. The van der Waals surface area contributed by atoms with Crippen LogP contribution >= 0.6 is 0 Å². The first-order valence-corrected chi connectivity index (χ1v) is 12.4. The number of Topliss-reactive ketones (excluding diaryl/α,β-unsaturated/α-hetero) is 1. The van der Waals surface area contributed by atoms with Gasteiger partial charge in [0.15, 0.2) is 12.2 Å². The number of aromatic hydroxyl groups is 1. The molecule has 11 nitrogen and oxygen atoms in total. The number of alkyl carbamates (subject to hydrolysis) is 1. The van der Waals surface area contributed by atoms with Crippen molar-refractivity contribution in [2.24, 2.45) is 0 Å². The van der Waals surface area contributed by atoms with Gasteiger partial charge in [-0.15, -0.1) is 0 Å². The summed E-state index contributed by atoms with van der Waals surface area (Å²) in [5.41, 5.74) is 1.15. The zero-order chi connectivity index (χ0) is 28.6. The number of phenolic OH excluding ortho intramolecular Hbond substituents is 1. The highest BCUT2D eigenvalue weighted by molar-refractivity contribution is 6.05. The molecular weight excluding hydrogens is 522 g/mol. The summed E-state index contributed by atoms with van der Waals surface area (Å²) in [6.07, 6.45) is -3.35. The van der Waals surface area contributed by atoms with Gasteiger partial charge >= 0.3 is 12.1 Å². The van der Waals surface area contributed by atoms with Crippen molar-refractivity contribution in [1.29, 1.82) is 0 Å². The van der Waals surface area contributed by atoms with Crippen LogP contribution in [0.3, 0.4) is 0 Å². The molecule has 3 atom stereocenters. The minimum Gasteiger partial charge on any atom is -0.507 e. The molecule has 210 valence electrons. The molecule has 0 spiro atoms. The van der Waals surface area contributed by atoms with Gasteiger partial charge in [0.1, 0.15) is 41.2 Å². The first kappa shape index (κ1) is 28.2. The van der Waals surface area contributed by atoms with Crippen molar-refractivity contribution in [3.63, 3.8) is 0 Å². The zero-order valence-electron chi connectivity index (χ0n) is 21.9. The van der Waals surface area contributed by atoms with Crippen molar-refractivity contribution < 1.29 is 48.3 Å². The SMILES string of the molecule is COC(=O)C(CCOc1cc(O)c2c(c1)OC(c1ccc(OC)cc1)C(O)C2=O)NC(=O)OCc1ccccc1. The molecular formula is C29H29NO10. The second kappa shape index (κ2) is 12.9. The fourth-order valence-corrected chi connectivity index (χ4v) is 4.12. The Balaban J connectivity index is 1.40. The van der Waals surface area contributed by atoms with E-state index in [4.69, 9.17) is 23.7 Å². The molecule has 1 aliphatic rings. The van der Waals surface area contributed by atoms with Gasteiger partial charge in [0, 0.05) is 18.6 Å². The van der Waals surface area contributed by atoms with Crippen LogP contribution in [0, 0.1) is 0 Å². The van der Waals surface area contributed by atoms with Crippen molar-refractivity contribution in [1.82, 2.24) is 5.32 Å². The average molecular weight is 552 g/mol. The second-order valence-corrected chi connectivity index (χ2v) is 8.86. The Kier molecular flexibility index (Phi) is 9.07. The molecule has 3 aromatic rings. The molecule has 0 aromatic heterocycles. The quantitative estimate of drug-likeness (QED) is 0.320. The Hall–Kier alpha value is -4.77. The van der Waals surface area contributed by atoms with E-state index in [1.165, 1.54) is 26.4 Å². The number of fused-ring (bicyclic) bond motifs is 1. The molecule has 0 bridgehead atoms. The predicted molar refractivity (Wildman–Crippen MR) is 140 cm³/mol. The van der Waals surface area contributed by atoms with E-state index in [9.17, 15) is 24.6 Å². The lowest BCUT2D eigenvalue weighted by molar-refractivity contribution is -0.143. The van der Waals surface area contributed by atoms with Gasteiger partial charge in [-0.1, -0.05) is 42.5 Å². The van der Waals surface area contributed by atoms with Crippen molar-refractivity contribution in [2.45, 2.75) is 31.3 Å². The monoisotopic (exact) mass is 551 g/mol. The number of phenols is 1. The molecule has 1 amide bonds. The van der Waals surface area contributed by atoms with E-state index in [-0.39, 0.29) is 36.7 Å². The number of ketones is 1. The van der Waals surface area contributed by atoms with Crippen LogP contribution in [-0.4, -0.2) is 61.0 Å². The van der Waals surface area contributed by atoms with E-state index in [0.717, 1.165) is 5.56 Å². The lowest BCUT2D eigenvalue weighted by atomic mass is 9.93. The number of ether oxygens (including phenoxy) is 5. The Bertz CT molecular complexity index is 1340. The first-order chi connectivity index (χ1) is 19.3. The number of hydrogen-bond acceptors (Lipinski definition) is 10. The number of amides is 1. The molecule has 3 N–H and O–H groups in total. The number of rotatable bonds is 10. The van der Waals surface area contributed by atoms with Crippen LogP contribution in [0.15, 0.2) is 66.7 Å². The van der Waals surface area contributed by atoms with Gasteiger partial charge in [-0.2, -0.15) is 0 Å². The van der Waals surface area contributed by atoms with Crippen LogP contribution in [0.2, 0.25) is 0 Å². The normalized spacial score (nSPS) is 16.6. The number of methoxy groups -OCH3 is 2. The fourth-order valence-electron chi connectivity index (χ4n) is 4.12. The molecule has 40 heavy (non-hydrogen) atoms. The number of hydrogen-bond donors (Lipinski definition) is 3. The Morgan fingerprint density at radius 3 is 2.42 bits per heavy atom. The molecule has 1 heterocycles. The van der Waals surface area contributed by atoms with Crippen LogP contribution in [0.25, 0.3) is 0 Å². The molecule has 11 heteroatoms. The summed E-state index contributed by atoms with van der Waals surface area (Å²) in [4.78, 5) is 37.3. The fraction of sp³-hybridized carbons (Fsp3) is 0.276. The molecule has 3 unspecified atom stereocenters. The predicted octanol–water partition coefficient (Wildman–Crippen LogP) is 3.32. The van der Waals surface area contributed by atoms with E-state index in [2.05, 4.69) is 5.32 Å². The summed E-state index contributed by atoms with van der Waals surface area (Å²) < 4.78 is 26.7. The van der Waals surface area contributed by atoms with Crippen LogP contribution in [0.5, 0.6) is 23.0 Å². The van der Waals surface area contributed by atoms with E-state index in [0.29, 0.717) is 11.3 Å². The third-order valence-corrected chi connectivity index (χ3v) is 6.22. The van der Waals surface area contributed by atoms with E-state index < -0.39 is 41.8 Å². The first-order valence-electron chi connectivity index (χ1n) is 12.4. The number of benzene rings is 3. The Labute approximate surface area is 230 Å². The van der Waals surface area contributed by atoms with Gasteiger partial charge in [0.25, 0.3) is 0 Å². The van der Waals surface area contributed by atoms with Crippen LogP contribution in [-0.2, 0) is 20.9 Å². The lowest BCUT2D eigenvalue weighted by Crippen LogP contribution is -2.42. The number of aliphatic hydroxyl groups is 1. The summed E-state index contributed by atoms with van der Waals surface area (Å²) in [6, 6.07) is 17.3. The number of carbonyl (C=O) groups excluding carboxylic acids is 3. The standard InChI is InChI=1S/C29H29NO10/c1-36-19-10-8-18(9-11-19)27-26(33)25(32)24-22(31)14-20(15-23(24)40-27)38-13-12-21(28(34)37-2)30-29(35)39-16-17-6-4-3-5-7-17/h3-11,14-15,21,26-27,31,33H,12-13,16H2,1-2H3,(H,30,35). The highest BCUT2D eigenvalue weighted by Crippen LogP contribution is 2.42. The van der Waals surface area contributed by atoms with Crippen molar-refractivity contribution in [3.05, 3.63) is 83.4 Å². The maximum absolute atomic E-state index is 12.9. The maximum atomic E-state index is 12.9. The van der Waals surface area contributed by atoms with Gasteiger partial charge in [-0.3, -0.25) is 4.79 Å². The lowest BCUT2D eigenvalue weighted by Gasteiger charge is -2.30. The van der Waals surface area contributed by atoms with Gasteiger partial charge in [0.05, 0.1) is 20.8 Å². The number of carbonyl (C=O) groups is 3. The van der Waals surface area contributed by atoms with Crippen LogP contribution in [0.1, 0.15) is 34.0 Å². The molecule has 0 aliphatic carbocycles. The highest BCUT2D eigenvalue weighted by Gasteiger charge is 2.39. The van der Waals surface area contributed by atoms with Crippen LogP contribution in [0.4, 0.5) is 4.79 Å². The molecule has 4 rings (SSSR count). The smallest absolute Gasteiger partial charge is 0.408 e. The average Bonchev–Trinajstić information content (AvgIpc) is 2.97. The second-order valence-electron chi connectivity index (χ2n) is 8.86. The summed E-state index contributed by atoms with van der Waals surface area (Å²) in [7, 11) is 2.71. The summed E-state index contributed by atoms with van der Waals surface area (Å²) in [5, 5.41) is 23.5. The number of aliphatic hydroxyl groups excluding tert-OH is 1. The molecule has 3 aromatic carbocycles. The van der Waals surface area contributed by atoms with Crippen molar-refractivity contribution in [2.75, 3.05) is 20.8 Å². The highest BCUT2D eigenvalue weighted by atomic mass is 16.6. The molecule has 0 fully saturated rings. The van der Waals surface area contributed by atoms with Gasteiger partial charge < -0.3 is 39.2 Å². The van der Waals surface area contributed by atoms with E-state index in [1.54, 1.807) is 36.4 Å². The summed E-state index contributed by atoms with van der Waals surface area (Å²) in [6.45, 7) is -0.0498. The molecule has 0 saturated heterocycles. The zero-order valence-corrected chi connectivity index (χ0v) is 21.9. The number of nitrogens with one attached hydrogen (secondary N) is 1. The van der Waals surface area contributed by atoms with Gasteiger partial charge in [-0.25, -0.2) is 9.59 Å². The topological polar surface area (TPSA) is 150 Å². The molecule has 0 saturated carbocycles. The van der Waals surface area contributed by atoms with E-state index >= 15 is 0 Å². The van der Waals surface area contributed by atoms with Crippen LogP contribution < -0.4 is 19.5 Å². The third-order valence-electron chi connectivity index (χ3n) is 6.22. The van der Waals surface area contributed by atoms with Gasteiger partial charge in [-0.05, 0) is 23.3 Å². The van der Waals surface area contributed by atoms with Crippen molar-refractivity contribution in [3.8, 4) is 23.0 Å². The number of esters is 1.